The molecule has 0 radical (unpaired) electrons. The molecule has 1 aromatic heterocycles. The quantitative estimate of drug-likeness (QED) is 0.780. The predicted octanol–water partition coefficient (Wildman–Crippen LogP) is 1.98. The number of nitrogens with one attached hydrogen (secondary N) is 1. The van der Waals surface area contributed by atoms with Crippen LogP contribution in [0.25, 0.3) is 0 Å². The molecule has 1 aliphatic rings. The van der Waals surface area contributed by atoms with E-state index in [9.17, 15) is 22.0 Å². The van der Waals surface area contributed by atoms with Crippen LogP contribution < -0.4 is 5.32 Å². The fourth-order valence-electron chi connectivity index (χ4n) is 2.34. The molecule has 2 aromatic rings. The number of hydrogen-bond donors (Lipinski definition) is 1. The van der Waals surface area contributed by atoms with Crippen molar-refractivity contribution in [2.75, 3.05) is 22.6 Å². The first-order valence-electron chi connectivity index (χ1n) is 7.24. The van der Waals surface area contributed by atoms with Gasteiger partial charge in [0.2, 0.25) is 11.8 Å². The summed E-state index contributed by atoms with van der Waals surface area (Å²) < 4.78 is 54.6. The first-order valence-corrected chi connectivity index (χ1v) is 10.0. The number of anilines is 1. The Hall–Kier alpha value is -2.01. The van der Waals surface area contributed by atoms with Gasteiger partial charge in [-0.05, 0) is 18.6 Å². The number of nitrogens with zero attached hydrogens (tertiary/aromatic N) is 2. The molecule has 0 spiro atoms. The molecule has 0 saturated carbocycles. The molecule has 1 aliphatic heterocycles. The van der Waals surface area contributed by atoms with E-state index >= 15 is 0 Å². The Kier molecular flexibility index (Phi) is 5.04. The van der Waals surface area contributed by atoms with Crippen LogP contribution in [-0.2, 0) is 14.6 Å². The second kappa shape index (κ2) is 7.08. The van der Waals surface area contributed by atoms with E-state index in [0.717, 1.165) is 23.9 Å². The van der Waals surface area contributed by atoms with Gasteiger partial charge in [-0.3, -0.25) is 4.79 Å². The fraction of sp³-hybridized carbons (Fsp3) is 0.357. The third-order valence-electron chi connectivity index (χ3n) is 3.54. The van der Waals surface area contributed by atoms with Gasteiger partial charge in [-0.2, -0.15) is 0 Å². The van der Waals surface area contributed by atoms with E-state index in [1.54, 1.807) is 0 Å². The lowest BCUT2D eigenvalue weighted by Crippen LogP contribution is -2.15. The van der Waals surface area contributed by atoms with E-state index in [4.69, 9.17) is 4.42 Å². The van der Waals surface area contributed by atoms with Gasteiger partial charge in [0.05, 0.1) is 28.9 Å². The van der Waals surface area contributed by atoms with Crippen LogP contribution in [0.1, 0.15) is 18.2 Å². The summed E-state index contributed by atoms with van der Waals surface area (Å²) in [6.07, 6.45) is 0.430. The van der Waals surface area contributed by atoms with Gasteiger partial charge in [-0.15, -0.1) is 10.2 Å². The summed E-state index contributed by atoms with van der Waals surface area (Å²) in [5.41, 5.74) is -0.130. The van der Waals surface area contributed by atoms with Crippen LogP contribution in [0.2, 0.25) is 0 Å². The number of amides is 1. The summed E-state index contributed by atoms with van der Waals surface area (Å²) in [4.78, 5) is 11.8. The molecule has 25 heavy (non-hydrogen) atoms. The van der Waals surface area contributed by atoms with Crippen LogP contribution in [0, 0.1) is 11.6 Å². The van der Waals surface area contributed by atoms with Gasteiger partial charge in [-0.25, -0.2) is 17.2 Å². The Labute approximate surface area is 146 Å². The smallest absolute Gasteiger partial charge is 0.277 e. The summed E-state index contributed by atoms with van der Waals surface area (Å²) in [6, 6.07) is 2.83. The molecule has 1 amide bonds. The summed E-state index contributed by atoms with van der Waals surface area (Å²) in [5, 5.41) is 10.0. The fourth-order valence-corrected chi connectivity index (χ4v) is 4.64. The highest BCUT2D eigenvalue weighted by Crippen LogP contribution is 2.29. The van der Waals surface area contributed by atoms with E-state index < -0.39 is 27.4 Å². The average Bonchev–Trinajstić information content (AvgIpc) is 3.14. The number of rotatable bonds is 5. The third-order valence-corrected chi connectivity index (χ3v) is 6.12. The molecule has 0 bridgehead atoms. The van der Waals surface area contributed by atoms with Gasteiger partial charge in [0.15, 0.2) is 9.84 Å². The van der Waals surface area contributed by atoms with Gasteiger partial charge < -0.3 is 9.73 Å². The van der Waals surface area contributed by atoms with Crippen molar-refractivity contribution < 1.29 is 26.4 Å². The molecule has 134 valence electrons. The van der Waals surface area contributed by atoms with Crippen LogP contribution >= 0.6 is 11.8 Å². The van der Waals surface area contributed by atoms with Crippen molar-refractivity contribution in [1.29, 1.82) is 0 Å². The molecule has 1 fully saturated rings. The summed E-state index contributed by atoms with van der Waals surface area (Å²) in [5.74, 6) is -2.29. The number of benzene rings is 1. The molecular formula is C14H13F2N3O4S2. The lowest BCUT2D eigenvalue weighted by atomic mass is 10.1. The standard InChI is InChI=1S/C14H13F2N3O4S2/c15-9-1-2-11(10(16)5-9)17-12(20)6-24-14-19-18-13(23-14)8-3-4-25(21,22)7-8/h1-2,5,8H,3-4,6-7H2,(H,17,20)/t8-/m1/s1. The van der Waals surface area contributed by atoms with Gasteiger partial charge in [0.25, 0.3) is 5.22 Å². The number of carbonyl (C=O) groups excluding carboxylic acids is 1. The summed E-state index contributed by atoms with van der Waals surface area (Å²) in [7, 11) is -3.06. The lowest BCUT2D eigenvalue weighted by molar-refractivity contribution is -0.113. The second-order valence-corrected chi connectivity index (χ2v) is 8.62. The maximum atomic E-state index is 13.5. The molecular weight excluding hydrogens is 376 g/mol. The molecule has 0 aliphatic carbocycles. The molecule has 7 nitrogen and oxygen atoms in total. The van der Waals surface area contributed by atoms with E-state index in [-0.39, 0.29) is 40.0 Å². The van der Waals surface area contributed by atoms with Crippen LogP contribution in [0.3, 0.4) is 0 Å². The Morgan fingerprint density at radius 2 is 2.16 bits per heavy atom. The molecule has 1 aromatic carbocycles. The van der Waals surface area contributed by atoms with Crippen LogP contribution in [0.4, 0.5) is 14.5 Å². The SMILES string of the molecule is O=C(CSc1nnc([C@@H]2CCS(=O)(=O)C2)o1)Nc1ccc(F)cc1F. The average molecular weight is 389 g/mol. The number of hydrogen-bond acceptors (Lipinski definition) is 7. The highest BCUT2D eigenvalue weighted by atomic mass is 32.2. The highest BCUT2D eigenvalue weighted by Gasteiger charge is 2.32. The zero-order valence-corrected chi connectivity index (χ0v) is 14.4. The molecule has 3 rings (SSSR count). The molecule has 1 atom stereocenters. The van der Waals surface area contributed by atoms with E-state index in [0.29, 0.717) is 12.5 Å². The van der Waals surface area contributed by atoms with Gasteiger partial charge >= 0.3 is 0 Å². The largest absolute Gasteiger partial charge is 0.416 e. The Morgan fingerprint density at radius 1 is 1.36 bits per heavy atom. The van der Waals surface area contributed by atoms with E-state index in [1.807, 2.05) is 0 Å². The molecule has 1 N–H and O–H groups in total. The van der Waals surface area contributed by atoms with Gasteiger partial charge in [0.1, 0.15) is 11.6 Å². The Balaban J connectivity index is 1.54. The van der Waals surface area contributed by atoms with Crippen LogP contribution in [0.15, 0.2) is 27.8 Å². The van der Waals surface area contributed by atoms with Crippen molar-refractivity contribution in [3.05, 3.63) is 35.7 Å². The molecule has 2 heterocycles. The number of thioether (sulfide) groups is 1. The minimum atomic E-state index is -3.06. The van der Waals surface area contributed by atoms with Crippen LogP contribution in [-0.4, -0.2) is 41.8 Å². The highest BCUT2D eigenvalue weighted by molar-refractivity contribution is 7.99. The third kappa shape index (κ3) is 4.54. The first-order chi connectivity index (χ1) is 11.8. The molecule has 11 heteroatoms. The van der Waals surface area contributed by atoms with Gasteiger partial charge in [-0.1, -0.05) is 11.8 Å². The first kappa shape index (κ1) is 17.8. The second-order valence-electron chi connectivity index (χ2n) is 5.47. The number of halogens is 2. The molecule has 1 saturated heterocycles. The van der Waals surface area contributed by atoms with E-state index in [1.165, 1.54) is 0 Å². The molecule has 0 unspecified atom stereocenters. The van der Waals surface area contributed by atoms with Crippen molar-refractivity contribution in [3.8, 4) is 0 Å². The van der Waals surface area contributed by atoms with Crippen molar-refractivity contribution in [2.24, 2.45) is 0 Å². The zero-order valence-electron chi connectivity index (χ0n) is 12.7. The van der Waals surface area contributed by atoms with Crippen LogP contribution in [0.5, 0.6) is 0 Å². The summed E-state index contributed by atoms with van der Waals surface area (Å²) in [6.45, 7) is 0. The Morgan fingerprint density at radius 3 is 2.84 bits per heavy atom. The zero-order chi connectivity index (χ0) is 18.0. The van der Waals surface area contributed by atoms with Crippen molar-refractivity contribution in [3.63, 3.8) is 0 Å². The maximum Gasteiger partial charge on any atom is 0.277 e. The number of carbonyl (C=O) groups is 1. The minimum Gasteiger partial charge on any atom is -0.416 e. The number of aromatic nitrogens is 2. The number of sulfone groups is 1. The lowest BCUT2D eigenvalue weighted by Gasteiger charge is -2.05. The van der Waals surface area contributed by atoms with Crippen molar-refractivity contribution in [2.45, 2.75) is 17.6 Å². The van der Waals surface area contributed by atoms with Gasteiger partial charge in [0, 0.05) is 6.07 Å². The van der Waals surface area contributed by atoms with Crippen molar-refractivity contribution >= 4 is 33.2 Å². The summed E-state index contributed by atoms with van der Waals surface area (Å²) >= 11 is 0.938. The minimum absolute atomic E-state index is 0.0242. The predicted molar refractivity (Wildman–Crippen MR) is 86.0 cm³/mol. The van der Waals surface area contributed by atoms with Crippen molar-refractivity contribution in [1.82, 2.24) is 10.2 Å². The normalized spacial score (nSPS) is 19.0. The maximum absolute atomic E-state index is 13.5. The Bertz CT molecular complexity index is 901. The van der Waals surface area contributed by atoms with E-state index in [2.05, 4.69) is 15.5 Å². The monoisotopic (exact) mass is 389 g/mol. The topological polar surface area (TPSA) is 102 Å².